The lowest BCUT2D eigenvalue weighted by Gasteiger charge is -2.26. The van der Waals surface area contributed by atoms with Gasteiger partial charge in [0.1, 0.15) is 5.57 Å². The summed E-state index contributed by atoms with van der Waals surface area (Å²) in [5.41, 5.74) is 0.220. The minimum Gasteiger partial charge on any atom is -0.490 e. The van der Waals surface area contributed by atoms with Gasteiger partial charge in [-0.3, -0.25) is 14.9 Å². The maximum absolute atomic E-state index is 13.1. The molecule has 1 heterocycles. The summed E-state index contributed by atoms with van der Waals surface area (Å²) in [4.78, 5) is 49.5. The van der Waals surface area contributed by atoms with E-state index in [2.05, 4.69) is 5.32 Å². The summed E-state index contributed by atoms with van der Waals surface area (Å²) >= 11 is 13.8. The van der Waals surface area contributed by atoms with Gasteiger partial charge < -0.3 is 14.6 Å². The number of carbonyl (C=O) groups excluding carboxylic acids is 3. The van der Waals surface area contributed by atoms with Crippen LogP contribution in [0.3, 0.4) is 0 Å². The first kappa shape index (κ1) is 24.8. The summed E-state index contributed by atoms with van der Waals surface area (Å²) in [6.07, 6.45) is 1.29. The van der Waals surface area contributed by atoms with Crippen molar-refractivity contribution in [3.8, 4) is 11.5 Å². The van der Waals surface area contributed by atoms with E-state index >= 15 is 0 Å². The summed E-state index contributed by atoms with van der Waals surface area (Å²) in [5.74, 6) is -2.44. The third-order valence-electron chi connectivity index (χ3n) is 4.25. The molecule has 2 N–H and O–H groups in total. The van der Waals surface area contributed by atoms with Crippen molar-refractivity contribution < 1.29 is 33.8 Å². The van der Waals surface area contributed by atoms with Gasteiger partial charge in [-0.05, 0) is 71.5 Å². The minimum absolute atomic E-state index is 0.130. The molecule has 4 amide bonds. The third kappa shape index (κ3) is 5.57. The second kappa shape index (κ2) is 10.4. The topological polar surface area (TPSA) is 122 Å². The van der Waals surface area contributed by atoms with Crippen molar-refractivity contribution in [1.29, 1.82) is 0 Å². The lowest BCUT2D eigenvalue weighted by Crippen LogP contribution is -2.54. The number of aliphatic carboxylic acids is 1. The molecule has 172 valence electrons. The summed E-state index contributed by atoms with van der Waals surface area (Å²) in [6, 6.07) is 6.32. The van der Waals surface area contributed by atoms with Crippen LogP contribution in [-0.4, -0.2) is 42.1 Å². The Balaban J connectivity index is 2.02. The van der Waals surface area contributed by atoms with Gasteiger partial charge in [-0.2, -0.15) is 0 Å². The summed E-state index contributed by atoms with van der Waals surface area (Å²) in [5, 5.41) is 11.4. The second-order valence-corrected chi connectivity index (χ2v) is 8.48. The largest absolute Gasteiger partial charge is 0.490 e. The smallest absolute Gasteiger partial charge is 0.341 e. The molecule has 9 nitrogen and oxygen atoms in total. The Morgan fingerprint density at radius 3 is 2.52 bits per heavy atom. The Morgan fingerprint density at radius 2 is 1.88 bits per heavy atom. The van der Waals surface area contributed by atoms with E-state index in [0.29, 0.717) is 9.13 Å². The Morgan fingerprint density at radius 1 is 1.15 bits per heavy atom. The van der Waals surface area contributed by atoms with Gasteiger partial charge in [-0.1, -0.05) is 23.2 Å². The van der Waals surface area contributed by atoms with E-state index in [1.807, 2.05) is 22.6 Å². The number of amides is 4. The molecule has 0 spiro atoms. The average molecular weight is 605 g/mol. The van der Waals surface area contributed by atoms with Crippen molar-refractivity contribution in [2.75, 3.05) is 18.1 Å². The molecule has 0 unspecified atom stereocenters. The number of imide groups is 2. The number of barbiturate groups is 1. The molecule has 1 saturated heterocycles. The Hall–Kier alpha value is -2.83. The van der Waals surface area contributed by atoms with Gasteiger partial charge in [0, 0.05) is 0 Å². The first-order valence-electron chi connectivity index (χ1n) is 9.29. The zero-order valence-corrected chi connectivity index (χ0v) is 20.5. The lowest BCUT2D eigenvalue weighted by atomic mass is 10.1. The number of carboxylic acids is 1. The fourth-order valence-corrected chi connectivity index (χ4v) is 3.96. The molecule has 2 aromatic rings. The van der Waals surface area contributed by atoms with Crippen molar-refractivity contribution in [3.63, 3.8) is 0 Å². The van der Waals surface area contributed by atoms with Crippen LogP contribution < -0.4 is 19.7 Å². The molecule has 2 aromatic carbocycles. The van der Waals surface area contributed by atoms with Gasteiger partial charge in [0.25, 0.3) is 11.8 Å². The molecule has 12 heteroatoms. The molecule has 1 fully saturated rings. The van der Waals surface area contributed by atoms with Crippen molar-refractivity contribution in [2.45, 2.75) is 6.92 Å². The van der Waals surface area contributed by atoms with E-state index in [-0.39, 0.29) is 39.4 Å². The van der Waals surface area contributed by atoms with E-state index in [4.69, 9.17) is 37.8 Å². The molecule has 0 atom stereocenters. The van der Waals surface area contributed by atoms with Gasteiger partial charge in [-0.25, -0.2) is 14.5 Å². The SMILES string of the molecule is CCOc1cc(/C=C2\C(=O)NC(=O)N(c3ccc(Cl)c(Cl)c3)C2=O)cc(I)c1OCC(=O)O. The minimum atomic E-state index is -1.16. The summed E-state index contributed by atoms with van der Waals surface area (Å²) in [6.45, 7) is 1.43. The zero-order valence-electron chi connectivity index (χ0n) is 16.9. The number of nitrogens with zero attached hydrogens (tertiary/aromatic N) is 1. The molecule has 1 aliphatic heterocycles. The highest BCUT2D eigenvalue weighted by molar-refractivity contribution is 14.1. The number of nitrogens with one attached hydrogen (secondary N) is 1. The van der Waals surface area contributed by atoms with Crippen LogP contribution >= 0.6 is 45.8 Å². The van der Waals surface area contributed by atoms with Gasteiger partial charge in [-0.15, -0.1) is 0 Å². The molecule has 0 aromatic heterocycles. The number of hydrogen-bond acceptors (Lipinski definition) is 6. The lowest BCUT2D eigenvalue weighted by molar-refractivity contribution is -0.139. The Kier molecular flexibility index (Phi) is 7.82. The van der Waals surface area contributed by atoms with Gasteiger partial charge >= 0.3 is 12.0 Å². The van der Waals surface area contributed by atoms with Crippen molar-refractivity contribution in [1.82, 2.24) is 5.32 Å². The highest BCUT2D eigenvalue weighted by atomic mass is 127. The number of ether oxygens (including phenoxy) is 2. The van der Waals surface area contributed by atoms with Crippen molar-refractivity contribution in [3.05, 3.63) is 55.1 Å². The van der Waals surface area contributed by atoms with E-state index in [1.165, 1.54) is 30.3 Å². The second-order valence-electron chi connectivity index (χ2n) is 6.50. The zero-order chi connectivity index (χ0) is 24.3. The van der Waals surface area contributed by atoms with Gasteiger partial charge in [0.05, 0.1) is 25.9 Å². The number of carbonyl (C=O) groups is 4. The van der Waals surface area contributed by atoms with Crippen LogP contribution in [0.15, 0.2) is 35.9 Å². The monoisotopic (exact) mass is 604 g/mol. The van der Waals surface area contributed by atoms with Crippen LogP contribution in [0, 0.1) is 3.57 Å². The molecule has 1 aliphatic rings. The number of halogens is 3. The Labute approximate surface area is 211 Å². The van der Waals surface area contributed by atoms with E-state index in [0.717, 1.165) is 4.90 Å². The van der Waals surface area contributed by atoms with E-state index in [1.54, 1.807) is 13.0 Å². The van der Waals surface area contributed by atoms with Crippen LogP contribution in [0.2, 0.25) is 10.0 Å². The van der Waals surface area contributed by atoms with E-state index in [9.17, 15) is 19.2 Å². The van der Waals surface area contributed by atoms with Crippen molar-refractivity contribution >= 4 is 81.4 Å². The highest BCUT2D eigenvalue weighted by Gasteiger charge is 2.37. The molecule has 0 bridgehead atoms. The molecule has 0 saturated carbocycles. The molecular formula is C21H15Cl2IN2O7. The number of benzene rings is 2. The third-order valence-corrected chi connectivity index (χ3v) is 5.79. The number of urea groups is 1. The Bertz CT molecular complexity index is 1200. The summed E-state index contributed by atoms with van der Waals surface area (Å²) in [7, 11) is 0. The normalized spacial score (nSPS) is 15.0. The summed E-state index contributed by atoms with van der Waals surface area (Å²) < 4.78 is 11.3. The maximum Gasteiger partial charge on any atom is 0.341 e. The quantitative estimate of drug-likeness (QED) is 0.277. The van der Waals surface area contributed by atoms with Gasteiger partial charge in [0.2, 0.25) is 0 Å². The maximum atomic E-state index is 13.1. The fourth-order valence-electron chi connectivity index (χ4n) is 2.89. The van der Waals surface area contributed by atoms with E-state index < -0.39 is 30.4 Å². The number of carboxylic acid groups (broad SMARTS) is 1. The van der Waals surface area contributed by atoms with Gasteiger partial charge in [0.15, 0.2) is 18.1 Å². The molecule has 3 rings (SSSR count). The fraction of sp³-hybridized carbons (Fsp3) is 0.143. The van der Waals surface area contributed by atoms with Crippen LogP contribution in [-0.2, 0) is 14.4 Å². The van der Waals surface area contributed by atoms with Crippen LogP contribution in [0.1, 0.15) is 12.5 Å². The number of rotatable bonds is 7. The first-order chi connectivity index (χ1) is 15.6. The molecule has 0 radical (unpaired) electrons. The van der Waals surface area contributed by atoms with Crippen LogP contribution in [0.4, 0.5) is 10.5 Å². The predicted octanol–water partition coefficient (Wildman–Crippen LogP) is 4.13. The van der Waals surface area contributed by atoms with Crippen LogP contribution in [0.5, 0.6) is 11.5 Å². The standard InChI is InChI=1S/C21H15Cl2IN2O7/c1-2-32-16-7-10(6-15(24)18(16)33-9-17(27)28)5-12-19(29)25-21(31)26(20(12)30)11-3-4-13(22)14(23)8-11/h3-8H,2,9H2,1H3,(H,27,28)(H,25,29,31)/b12-5+. The molecule has 0 aliphatic carbocycles. The number of anilines is 1. The average Bonchev–Trinajstić information content (AvgIpc) is 2.73. The van der Waals surface area contributed by atoms with Crippen molar-refractivity contribution in [2.24, 2.45) is 0 Å². The van der Waals surface area contributed by atoms with Crippen LogP contribution in [0.25, 0.3) is 6.08 Å². The molecule has 33 heavy (non-hydrogen) atoms. The number of hydrogen-bond donors (Lipinski definition) is 2. The first-order valence-corrected chi connectivity index (χ1v) is 11.1. The predicted molar refractivity (Wildman–Crippen MR) is 129 cm³/mol. The highest BCUT2D eigenvalue weighted by Crippen LogP contribution is 2.35. The molecular weight excluding hydrogens is 590 g/mol.